The number of piperidine rings is 1. The zero-order valence-electron chi connectivity index (χ0n) is 15.1. The summed E-state index contributed by atoms with van der Waals surface area (Å²) < 4.78 is 7.14. The van der Waals surface area contributed by atoms with Gasteiger partial charge in [-0.3, -0.25) is 9.48 Å². The summed E-state index contributed by atoms with van der Waals surface area (Å²) in [5, 5.41) is 8.36. The number of hydrogen-bond donors (Lipinski definition) is 0. The summed E-state index contributed by atoms with van der Waals surface area (Å²) in [4.78, 5) is 19.4. The monoisotopic (exact) mass is 343 g/mol. The minimum Gasteiger partial charge on any atom is -0.342 e. The number of likely N-dealkylation sites (tertiary alicyclic amines) is 1. The van der Waals surface area contributed by atoms with Gasteiger partial charge in [0.1, 0.15) is 0 Å². The predicted molar refractivity (Wildman–Crippen MR) is 91.0 cm³/mol. The van der Waals surface area contributed by atoms with E-state index >= 15 is 0 Å². The van der Waals surface area contributed by atoms with Crippen LogP contribution in [0.1, 0.15) is 68.1 Å². The van der Waals surface area contributed by atoms with Crippen molar-refractivity contribution in [2.24, 2.45) is 13.0 Å². The van der Waals surface area contributed by atoms with E-state index in [1.807, 2.05) is 38.2 Å². The molecule has 0 bridgehead atoms. The number of amides is 1. The van der Waals surface area contributed by atoms with Crippen molar-refractivity contribution in [2.45, 2.75) is 50.9 Å². The highest BCUT2D eigenvalue weighted by Crippen LogP contribution is 2.48. The van der Waals surface area contributed by atoms with Gasteiger partial charge >= 0.3 is 0 Å². The van der Waals surface area contributed by atoms with Crippen molar-refractivity contribution in [1.29, 1.82) is 0 Å². The van der Waals surface area contributed by atoms with Gasteiger partial charge in [-0.15, -0.1) is 0 Å². The molecule has 7 heteroatoms. The topological polar surface area (TPSA) is 77.1 Å². The lowest BCUT2D eigenvalue weighted by molar-refractivity contribution is -0.133. The Hall–Kier alpha value is -2.18. The maximum atomic E-state index is 12.9. The Balaban J connectivity index is 1.40. The van der Waals surface area contributed by atoms with Crippen LogP contribution in [-0.2, 0) is 11.8 Å². The zero-order chi connectivity index (χ0) is 17.6. The first-order valence-electron chi connectivity index (χ1n) is 9.13. The van der Waals surface area contributed by atoms with E-state index in [0.717, 1.165) is 31.6 Å². The molecule has 0 unspecified atom stereocenters. The van der Waals surface area contributed by atoms with Gasteiger partial charge in [0.15, 0.2) is 5.82 Å². The van der Waals surface area contributed by atoms with Crippen LogP contribution in [-0.4, -0.2) is 43.8 Å². The van der Waals surface area contributed by atoms with Crippen molar-refractivity contribution in [3.63, 3.8) is 0 Å². The Labute approximate surface area is 147 Å². The van der Waals surface area contributed by atoms with E-state index < -0.39 is 0 Å². The molecule has 1 aliphatic carbocycles. The lowest BCUT2D eigenvalue weighted by atomic mass is 9.96. The van der Waals surface area contributed by atoms with Crippen molar-refractivity contribution in [1.82, 2.24) is 24.8 Å². The number of carbonyl (C=O) groups excluding carboxylic acids is 1. The summed E-state index contributed by atoms with van der Waals surface area (Å²) in [6.45, 7) is 5.62. The van der Waals surface area contributed by atoms with Crippen LogP contribution in [0.4, 0.5) is 0 Å². The summed E-state index contributed by atoms with van der Waals surface area (Å²) in [5.41, 5.74) is 1.18. The first-order valence-corrected chi connectivity index (χ1v) is 9.13. The maximum Gasteiger partial charge on any atom is 0.229 e. The van der Waals surface area contributed by atoms with Gasteiger partial charge in [0.2, 0.25) is 11.8 Å². The normalized spacial score (nSPS) is 26.2. The van der Waals surface area contributed by atoms with Crippen LogP contribution in [0.25, 0.3) is 0 Å². The van der Waals surface area contributed by atoms with Gasteiger partial charge in [-0.25, -0.2) is 0 Å². The highest BCUT2D eigenvalue weighted by Gasteiger charge is 2.47. The van der Waals surface area contributed by atoms with Crippen molar-refractivity contribution >= 4 is 5.91 Å². The van der Waals surface area contributed by atoms with Crippen LogP contribution in [0.2, 0.25) is 0 Å². The van der Waals surface area contributed by atoms with Crippen LogP contribution in [0.3, 0.4) is 0 Å². The zero-order valence-corrected chi connectivity index (χ0v) is 15.1. The van der Waals surface area contributed by atoms with Crippen LogP contribution in [0.5, 0.6) is 0 Å². The summed E-state index contributed by atoms with van der Waals surface area (Å²) in [5.74, 6) is 2.56. The molecule has 4 rings (SSSR count). The highest BCUT2D eigenvalue weighted by molar-refractivity contribution is 5.83. The quantitative estimate of drug-likeness (QED) is 0.852. The molecule has 1 amide bonds. The van der Waals surface area contributed by atoms with Crippen molar-refractivity contribution < 1.29 is 9.32 Å². The van der Waals surface area contributed by atoms with Crippen LogP contribution in [0, 0.1) is 5.92 Å². The first kappa shape index (κ1) is 16.3. The van der Waals surface area contributed by atoms with Gasteiger partial charge in [-0.2, -0.15) is 10.1 Å². The van der Waals surface area contributed by atoms with Gasteiger partial charge in [0.05, 0.1) is 6.20 Å². The molecular formula is C18H25N5O2. The van der Waals surface area contributed by atoms with E-state index in [0.29, 0.717) is 18.4 Å². The van der Waals surface area contributed by atoms with Crippen LogP contribution < -0.4 is 0 Å². The Kier molecular flexibility index (Phi) is 4.09. The fourth-order valence-electron chi connectivity index (χ4n) is 3.74. The molecular weight excluding hydrogens is 318 g/mol. The summed E-state index contributed by atoms with van der Waals surface area (Å²) in [7, 11) is 1.91. The molecule has 1 saturated heterocycles. The Morgan fingerprint density at radius 2 is 2.24 bits per heavy atom. The fraction of sp³-hybridized carbons (Fsp3) is 0.667. The fourth-order valence-corrected chi connectivity index (χ4v) is 3.74. The third-order valence-corrected chi connectivity index (χ3v) is 5.31. The van der Waals surface area contributed by atoms with E-state index in [9.17, 15) is 4.79 Å². The van der Waals surface area contributed by atoms with E-state index in [1.165, 1.54) is 5.56 Å². The predicted octanol–water partition coefficient (Wildman–Crippen LogP) is 2.44. The molecule has 0 spiro atoms. The molecule has 25 heavy (non-hydrogen) atoms. The summed E-state index contributed by atoms with van der Waals surface area (Å²) in [6.07, 6.45) is 6.84. The van der Waals surface area contributed by atoms with Crippen molar-refractivity contribution in [2.75, 3.05) is 13.1 Å². The molecule has 7 nitrogen and oxygen atoms in total. The molecule has 0 aromatic carbocycles. The summed E-state index contributed by atoms with van der Waals surface area (Å²) >= 11 is 0. The van der Waals surface area contributed by atoms with Gasteiger partial charge in [-0.05, 0) is 30.7 Å². The van der Waals surface area contributed by atoms with Crippen LogP contribution >= 0.6 is 0 Å². The molecule has 1 saturated carbocycles. The Bertz CT molecular complexity index is 765. The lowest BCUT2D eigenvalue weighted by Crippen LogP contribution is -2.40. The number of carbonyl (C=O) groups is 1. The molecule has 2 aliphatic rings. The minimum absolute atomic E-state index is 0.111. The number of rotatable bonds is 4. The molecule has 2 aromatic heterocycles. The molecule has 1 aliphatic heterocycles. The van der Waals surface area contributed by atoms with Crippen LogP contribution in [0.15, 0.2) is 16.9 Å². The second kappa shape index (κ2) is 6.28. The van der Waals surface area contributed by atoms with Gasteiger partial charge in [0, 0.05) is 44.1 Å². The van der Waals surface area contributed by atoms with Crippen molar-refractivity contribution in [3.05, 3.63) is 29.7 Å². The van der Waals surface area contributed by atoms with Gasteiger partial charge < -0.3 is 9.42 Å². The Morgan fingerprint density at radius 3 is 2.92 bits per heavy atom. The molecule has 2 aromatic rings. The molecule has 3 atom stereocenters. The lowest BCUT2D eigenvalue weighted by Gasteiger charge is -2.31. The number of nitrogens with zero attached hydrogens (tertiary/aromatic N) is 5. The molecule has 0 radical (unpaired) electrons. The second-order valence-corrected chi connectivity index (χ2v) is 7.66. The smallest absolute Gasteiger partial charge is 0.229 e. The largest absolute Gasteiger partial charge is 0.342 e. The van der Waals surface area contributed by atoms with Gasteiger partial charge in [-0.1, -0.05) is 19.0 Å². The van der Waals surface area contributed by atoms with E-state index in [-0.39, 0.29) is 23.7 Å². The second-order valence-electron chi connectivity index (χ2n) is 7.66. The summed E-state index contributed by atoms with van der Waals surface area (Å²) in [6, 6.07) is 0. The molecule has 134 valence electrons. The average Bonchev–Trinajstić information content (AvgIpc) is 3.03. The maximum absolute atomic E-state index is 12.9. The number of aryl methyl sites for hydroxylation is 1. The SMILES string of the molecule is CC(C)c1nc([C@@H]2CCCN(C(=O)[C@H]3C[C@@H]3c3cnn(C)c3)C2)no1. The molecule has 0 N–H and O–H groups in total. The molecule has 2 fully saturated rings. The standard InChI is InChI=1S/C18H25N5O2/c1-11(2)17-20-16(21-25-17)12-5-4-6-23(10-12)18(24)15-7-14(15)13-8-19-22(3)9-13/h8-9,11-12,14-15H,4-7,10H2,1-3H3/t12-,14-,15+/m1/s1. The molecule has 3 heterocycles. The number of aromatic nitrogens is 4. The minimum atomic E-state index is 0.111. The van der Waals surface area contributed by atoms with E-state index in [2.05, 4.69) is 15.2 Å². The van der Waals surface area contributed by atoms with Crippen molar-refractivity contribution in [3.8, 4) is 0 Å². The van der Waals surface area contributed by atoms with Gasteiger partial charge in [0.25, 0.3) is 0 Å². The third-order valence-electron chi connectivity index (χ3n) is 5.31. The first-order chi connectivity index (χ1) is 12.0. The third kappa shape index (κ3) is 3.19. The average molecular weight is 343 g/mol. The Morgan fingerprint density at radius 1 is 1.40 bits per heavy atom. The highest BCUT2D eigenvalue weighted by atomic mass is 16.5. The van der Waals surface area contributed by atoms with E-state index in [4.69, 9.17) is 4.52 Å². The number of hydrogen-bond acceptors (Lipinski definition) is 5. The van der Waals surface area contributed by atoms with E-state index in [1.54, 1.807) is 4.68 Å².